The maximum Gasteiger partial charge on any atom is 0.294 e. The van der Waals surface area contributed by atoms with Gasteiger partial charge in [-0.3, -0.25) is 14.1 Å². The maximum absolute atomic E-state index is 13.5. The second kappa shape index (κ2) is 17.7. The van der Waals surface area contributed by atoms with Crippen LogP contribution in [0.5, 0.6) is 0 Å². The molecule has 3 fully saturated rings. The molecule has 3 atom stereocenters. The summed E-state index contributed by atoms with van der Waals surface area (Å²) < 4.78 is 34.2. The number of aliphatic hydroxyl groups is 2. The summed E-state index contributed by atoms with van der Waals surface area (Å²) in [7, 11) is -1.89. The SMILES string of the molecule is C=C/C(=C\C)S(=O)(=O)O.CC.CC(C)C[C@H](NC(=O)c1ccc(-c2csc(N3CCN(C)CC3)n2)cc1)C(=O)N1CC[C@H]2OCC(O)(O)[C@H]21. The lowest BCUT2D eigenvalue weighted by Crippen LogP contribution is -2.57. The molecule has 5 rings (SSSR count). The Labute approximate surface area is 294 Å². The molecule has 272 valence electrons. The summed E-state index contributed by atoms with van der Waals surface area (Å²) in [6.45, 7) is 16.8. The van der Waals surface area contributed by atoms with E-state index in [1.54, 1.807) is 23.5 Å². The number of hydrogen-bond donors (Lipinski definition) is 4. The highest BCUT2D eigenvalue weighted by atomic mass is 32.2. The Hall–Kier alpha value is -3.18. The van der Waals surface area contributed by atoms with Crippen molar-refractivity contribution in [2.45, 2.75) is 71.4 Å². The molecule has 4 heterocycles. The quantitative estimate of drug-likeness (QED) is 0.170. The predicted octanol–water partition coefficient (Wildman–Crippen LogP) is 3.38. The van der Waals surface area contributed by atoms with Crippen LogP contribution in [0.4, 0.5) is 5.13 Å². The van der Waals surface area contributed by atoms with Crippen LogP contribution in [-0.4, -0.2) is 120 Å². The zero-order valence-electron chi connectivity index (χ0n) is 29.2. The number of fused-ring (bicyclic) bond motifs is 1. The summed E-state index contributed by atoms with van der Waals surface area (Å²) in [6, 6.07) is 5.66. The first kappa shape index (κ1) is 40.3. The van der Waals surface area contributed by atoms with Crippen LogP contribution in [0.1, 0.15) is 57.8 Å². The number of aromatic nitrogens is 1. The second-order valence-electron chi connectivity index (χ2n) is 12.4. The normalized spacial score (nSPS) is 21.2. The van der Waals surface area contributed by atoms with Gasteiger partial charge in [-0.15, -0.1) is 11.3 Å². The number of allylic oxidation sites excluding steroid dienone is 2. The molecule has 13 nitrogen and oxygen atoms in total. The molecular formula is C34H51N5O8S2. The Balaban J connectivity index is 0.000000515. The van der Waals surface area contributed by atoms with Crippen LogP contribution in [0.15, 0.2) is 53.3 Å². The lowest BCUT2D eigenvalue weighted by atomic mass is 10.00. The van der Waals surface area contributed by atoms with Gasteiger partial charge in [-0.25, -0.2) is 4.98 Å². The molecule has 49 heavy (non-hydrogen) atoms. The van der Waals surface area contributed by atoms with Gasteiger partial charge in [0.2, 0.25) is 11.7 Å². The summed E-state index contributed by atoms with van der Waals surface area (Å²) in [4.78, 5) is 37.4. The van der Waals surface area contributed by atoms with E-state index in [0.717, 1.165) is 48.6 Å². The van der Waals surface area contributed by atoms with E-state index in [4.69, 9.17) is 14.3 Å². The average Bonchev–Trinajstić information content (AvgIpc) is 3.80. The lowest BCUT2D eigenvalue weighted by Gasteiger charge is -2.33. The van der Waals surface area contributed by atoms with Crippen molar-refractivity contribution in [3.8, 4) is 11.3 Å². The number of carbonyl (C=O) groups is 2. The number of ether oxygens (including phenoxy) is 1. The fourth-order valence-electron chi connectivity index (χ4n) is 5.89. The molecule has 0 aliphatic carbocycles. The van der Waals surface area contributed by atoms with E-state index >= 15 is 0 Å². The average molecular weight is 722 g/mol. The topological polar surface area (TPSA) is 173 Å². The highest BCUT2D eigenvalue weighted by Crippen LogP contribution is 2.35. The van der Waals surface area contributed by atoms with Crippen molar-refractivity contribution in [3.05, 3.63) is 58.8 Å². The van der Waals surface area contributed by atoms with Crippen molar-refractivity contribution in [2.75, 3.05) is 51.3 Å². The molecular weight excluding hydrogens is 671 g/mol. The molecule has 0 spiro atoms. The number of nitrogens with one attached hydrogen (secondary N) is 1. The zero-order valence-corrected chi connectivity index (χ0v) is 30.8. The number of rotatable bonds is 9. The number of thiazole rings is 1. The van der Waals surface area contributed by atoms with Crippen LogP contribution in [0.2, 0.25) is 0 Å². The number of piperazine rings is 1. The highest BCUT2D eigenvalue weighted by Gasteiger charge is 2.56. The zero-order chi connectivity index (χ0) is 36.5. The van der Waals surface area contributed by atoms with Crippen LogP contribution in [0.3, 0.4) is 0 Å². The fraction of sp³-hybridized carbons (Fsp3) is 0.559. The molecule has 0 radical (unpaired) electrons. The Morgan fingerprint density at radius 3 is 2.31 bits per heavy atom. The third-order valence-electron chi connectivity index (χ3n) is 8.41. The number of benzene rings is 1. The third kappa shape index (κ3) is 10.4. The number of anilines is 1. The van der Waals surface area contributed by atoms with Gasteiger partial charge in [0.05, 0.1) is 16.7 Å². The number of amides is 2. The first-order valence-electron chi connectivity index (χ1n) is 16.6. The predicted molar refractivity (Wildman–Crippen MR) is 192 cm³/mol. The minimum Gasteiger partial charge on any atom is -0.370 e. The minimum atomic E-state index is -4.02. The lowest BCUT2D eigenvalue weighted by molar-refractivity contribution is -0.190. The van der Waals surface area contributed by atoms with Crippen molar-refractivity contribution in [1.29, 1.82) is 0 Å². The first-order chi connectivity index (χ1) is 23.1. The number of carbonyl (C=O) groups excluding carboxylic acids is 2. The van der Waals surface area contributed by atoms with Crippen LogP contribution < -0.4 is 10.2 Å². The highest BCUT2D eigenvalue weighted by molar-refractivity contribution is 7.90. The van der Waals surface area contributed by atoms with E-state index in [1.807, 2.05) is 45.2 Å². The van der Waals surface area contributed by atoms with Crippen molar-refractivity contribution in [3.63, 3.8) is 0 Å². The summed E-state index contributed by atoms with van der Waals surface area (Å²) in [5.74, 6) is -2.59. The second-order valence-corrected chi connectivity index (χ2v) is 14.7. The number of hydrogen-bond acceptors (Lipinski definition) is 11. The summed E-state index contributed by atoms with van der Waals surface area (Å²) in [5.41, 5.74) is 2.26. The third-order valence-corrected chi connectivity index (χ3v) is 10.3. The Bertz CT molecular complexity index is 1550. The maximum atomic E-state index is 13.5. The summed E-state index contributed by atoms with van der Waals surface area (Å²) in [5, 5.41) is 26.7. The number of likely N-dealkylation sites (tertiary alicyclic amines) is 1. The van der Waals surface area contributed by atoms with Crippen molar-refractivity contribution < 1.29 is 37.5 Å². The molecule has 3 saturated heterocycles. The van der Waals surface area contributed by atoms with Crippen LogP contribution >= 0.6 is 11.3 Å². The van der Waals surface area contributed by atoms with Crippen LogP contribution in [0.25, 0.3) is 11.3 Å². The van der Waals surface area contributed by atoms with Crippen molar-refractivity contribution in [1.82, 2.24) is 20.1 Å². The smallest absolute Gasteiger partial charge is 0.294 e. The Morgan fingerprint density at radius 2 is 1.78 bits per heavy atom. The molecule has 2 amide bonds. The number of nitrogens with zero attached hydrogens (tertiary/aromatic N) is 4. The van der Waals surface area contributed by atoms with E-state index in [0.29, 0.717) is 24.9 Å². The molecule has 1 aromatic carbocycles. The molecule has 0 saturated carbocycles. The van der Waals surface area contributed by atoms with Crippen LogP contribution in [0, 0.1) is 5.92 Å². The van der Waals surface area contributed by atoms with E-state index < -0.39 is 34.1 Å². The largest absolute Gasteiger partial charge is 0.370 e. The molecule has 1 aromatic heterocycles. The molecule has 15 heteroatoms. The van der Waals surface area contributed by atoms with E-state index in [1.165, 1.54) is 17.9 Å². The standard InChI is InChI=1S/C27H37N5O5S.C5H8O3S.C2H6/c1-17(2)14-20(25(34)32-9-8-22-23(32)27(35,36)16-37-22)28-24(33)19-6-4-18(5-7-19)21-15-38-26(29-21)31-12-10-30(3)11-13-31;1-3-5(4-2)9(6,7)8;1-2/h4-7,15,17,20,22-23,35-36H,8-14,16H2,1-3H3,(H,28,33);3-4H,1H2,2H3,(H,6,7,8);1-2H3/b;5-4+;/t20-,22+,23-;;/m0../s1. The molecule has 2 aromatic rings. The number of likely N-dealkylation sites (N-methyl/N-ethyl adjacent to an activating group) is 1. The molecule has 3 aliphatic heterocycles. The first-order valence-corrected chi connectivity index (χ1v) is 18.9. The monoisotopic (exact) mass is 721 g/mol. The van der Waals surface area contributed by atoms with E-state index in [-0.39, 0.29) is 29.2 Å². The Kier molecular flexibility index (Phi) is 14.5. The fourth-order valence-corrected chi connectivity index (χ4v) is 7.28. The van der Waals surface area contributed by atoms with Gasteiger partial charge in [-0.2, -0.15) is 8.42 Å². The Morgan fingerprint density at radius 1 is 1.14 bits per heavy atom. The van der Waals surface area contributed by atoms with Crippen molar-refractivity contribution >= 4 is 38.4 Å². The molecule has 0 unspecified atom stereocenters. The van der Waals surface area contributed by atoms with E-state index in [9.17, 15) is 28.2 Å². The van der Waals surface area contributed by atoms with Gasteiger partial charge in [-0.1, -0.05) is 52.5 Å². The summed E-state index contributed by atoms with van der Waals surface area (Å²) in [6.07, 6.45) is 2.92. The molecule has 3 aliphatic rings. The van der Waals surface area contributed by atoms with Gasteiger partial charge in [0.25, 0.3) is 16.0 Å². The molecule has 4 N–H and O–H groups in total. The van der Waals surface area contributed by atoms with Gasteiger partial charge in [-0.05, 0) is 50.9 Å². The van der Waals surface area contributed by atoms with E-state index in [2.05, 4.69) is 28.7 Å². The van der Waals surface area contributed by atoms with Gasteiger partial charge in [0, 0.05) is 49.2 Å². The van der Waals surface area contributed by atoms with Gasteiger partial charge >= 0.3 is 0 Å². The van der Waals surface area contributed by atoms with Crippen LogP contribution in [-0.2, 0) is 19.6 Å². The van der Waals surface area contributed by atoms with Crippen molar-refractivity contribution in [2.24, 2.45) is 5.92 Å². The van der Waals surface area contributed by atoms with Gasteiger partial charge < -0.3 is 35.0 Å². The minimum absolute atomic E-state index is 0.150. The summed E-state index contributed by atoms with van der Waals surface area (Å²) >= 11 is 1.63. The molecule has 0 bridgehead atoms. The van der Waals surface area contributed by atoms with Gasteiger partial charge in [0.15, 0.2) is 5.13 Å². The van der Waals surface area contributed by atoms with Gasteiger partial charge in [0.1, 0.15) is 18.7 Å².